The van der Waals surface area contributed by atoms with Gasteiger partial charge in [0, 0.05) is 22.4 Å². The average Bonchev–Trinajstić information content (AvgIpc) is 3.17. The van der Waals surface area contributed by atoms with Crippen LogP contribution in [0.5, 0.6) is 5.75 Å². The van der Waals surface area contributed by atoms with Gasteiger partial charge in [-0.3, -0.25) is 4.79 Å². The molecule has 3 rings (SSSR count). The predicted octanol–water partition coefficient (Wildman–Crippen LogP) is 6.15. The number of rotatable bonds is 9. The highest BCUT2D eigenvalue weighted by molar-refractivity contribution is 7.06. The van der Waals surface area contributed by atoms with Crippen LogP contribution in [-0.2, 0) is 30.7 Å². The molecule has 0 atom stereocenters. The number of carboxylic acid groups (broad SMARTS) is 1. The Morgan fingerprint density at radius 1 is 1.03 bits per heavy atom. The third-order valence-corrected chi connectivity index (χ3v) is 6.69. The van der Waals surface area contributed by atoms with E-state index in [0.29, 0.717) is 13.0 Å². The van der Waals surface area contributed by atoms with Gasteiger partial charge in [0.2, 0.25) is 0 Å². The number of nitrogens with zero attached hydrogens (tertiary/aromatic N) is 1. The number of ether oxygens (including phenoxy) is 1. The summed E-state index contributed by atoms with van der Waals surface area (Å²) in [6.45, 7) is 8.84. The molecule has 0 bridgehead atoms. The quantitative estimate of drug-likeness (QED) is 0.448. The summed E-state index contributed by atoms with van der Waals surface area (Å²) in [5.41, 5.74) is 7.82. The SMILES string of the molecule is CCc1ccc(-c2nsc(CC)c2COc2ccc(CCC(=O)O)c(C)c2C)cc1. The lowest BCUT2D eigenvalue weighted by Crippen LogP contribution is -2.04. The van der Waals surface area contributed by atoms with E-state index in [9.17, 15) is 4.79 Å². The smallest absolute Gasteiger partial charge is 0.303 e. The largest absolute Gasteiger partial charge is 0.489 e. The topological polar surface area (TPSA) is 59.4 Å². The molecule has 0 radical (unpaired) electrons. The van der Waals surface area contributed by atoms with Crippen molar-refractivity contribution in [1.82, 2.24) is 4.37 Å². The fourth-order valence-corrected chi connectivity index (χ4v) is 4.38. The van der Waals surface area contributed by atoms with Gasteiger partial charge in [-0.15, -0.1) is 0 Å². The highest BCUT2D eigenvalue weighted by atomic mass is 32.1. The molecule has 0 saturated carbocycles. The van der Waals surface area contributed by atoms with Crippen molar-refractivity contribution in [2.24, 2.45) is 0 Å². The van der Waals surface area contributed by atoms with E-state index in [1.165, 1.54) is 10.4 Å². The molecule has 1 N–H and O–H groups in total. The molecule has 0 aliphatic carbocycles. The minimum absolute atomic E-state index is 0.140. The molecule has 0 fully saturated rings. The molecule has 1 heterocycles. The first-order valence-electron chi connectivity index (χ1n) is 10.4. The van der Waals surface area contributed by atoms with Crippen molar-refractivity contribution in [3.63, 3.8) is 0 Å². The normalized spacial score (nSPS) is 10.9. The Bertz CT molecular complexity index is 1020. The lowest BCUT2D eigenvalue weighted by molar-refractivity contribution is -0.136. The number of aryl methyl sites for hydroxylation is 3. The average molecular weight is 424 g/mol. The molecular weight excluding hydrogens is 394 g/mol. The summed E-state index contributed by atoms with van der Waals surface area (Å²) < 4.78 is 11.0. The second-order valence-corrected chi connectivity index (χ2v) is 8.35. The van der Waals surface area contributed by atoms with Crippen molar-refractivity contribution >= 4 is 17.5 Å². The first kappa shape index (κ1) is 22.0. The fraction of sp³-hybridized carbons (Fsp3) is 0.360. The van der Waals surface area contributed by atoms with E-state index in [1.54, 1.807) is 11.5 Å². The number of aromatic nitrogens is 1. The Hall–Kier alpha value is -2.66. The summed E-state index contributed by atoms with van der Waals surface area (Å²) in [6.07, 6.45) is 2.62. The Kier molecular flexibility index (Phi) is 7.27. The first-order chi connectivity index (χ1) is 14.4. The maximum atomic E-state index is 10.9. The van der Waals surface area contributed by atoms with Crippen LogP contribution in [0.15, 0.2) is 36.4 Å². The van der Waals surface area contributed by atoms with Crippen molar-refractivity contribution in [1.29, 1.82) is 0 Å². The van der Waals surface area contributed by atoms with E-state index >= 15 is 0 Å². The molecule has 0 unspecified atom stereocenters. The van der Waals surface area contributed by atoms with Crippen LogP contribution in [-0.4, -0.2) is 15.4 Å². The third-order valence-electron chi connectivity index (χ3n) is 5.66. The zero-order chi connectivity index (χ0) is 21.7. The number of aliphatic carboxylic acids is 1. The van der Waals surface area contributed by atoms with E-state index in [-0.39, 0.29) is 6.42 Å². The second-order valence-electron chi connectivity index (χ2n) is 7.49. The summed E-state index contributed by atoms with van der Waals surface area (Å²) in [5, 5.41) is 8.95. The number of carbonyl (C=O) groups is 1. The fourth-order valence-electron chi connectivity index (χ4n) is 3.57. The van der Waals surface area contributed by atoms with Crippen molar-refractivity contribution in [3.05, 3.63) is 69.1 Å². The van der Waals surface area contributed by atoms with Crippen LogP contribution >= 0.6 is 11.5 Å². The lowest BCUT2D eigenvalue weighted by atomic mass is 9.99. The minimum Gasteiger partial charge on any atom is -0.489 e. The summed E-state index contributed by atoms with van der Waals surface area (Å²) >= 11 is 1.55. The number of hydrogen-bond donors (Lipinski definition) is 1. The van der Waals surface area contributed by atoms with Gasteiger partial charge in [-0.2, -0.15) is 4.37 Å². The molecule has 2 aromatic carbocycles. The number of hydrogen-bond acceptors (Lipinski definition) is 4. The van der Waals surface area contributed by atoms with E-state index < -0.39 is 5.97 Å². The maximum Gasteiger partial charge on any atom is 0.303 e. The monoisotopic (exact) mass is 423 g/mol. The van der Waals surface area contributed by atoms with Crippen LogP contribution in [0.2, 0.25) is 0 Å². The van der Waals surface area contributed by atoms with E-state index in [4.69, 9.17) is 14.2 Å². The Labute approximate surface area is 182 Å². The molecular formula is C25H29NO3S. The summed E-state index contributed by atoms with van der Waals surface area (Å²) in [4.78, 5) is 12.1. The van der Waals surface area contributed by atoms with Crippen LogP contribution in [0, 0.1) is 13.8 Å². The molecule has 4 nitrogen and oxygen atoms in total. The van der Waals surface area contributed by atoms with E-state index in [1.807, 2.05) is 26.0 Å². The van der Waals surface area contributed by atoms with Gasteiger partial charge in [0.15, 0.2) is 0 Å². The molecule has 5 heteroatoms. The van der Waals surface area contributed by atoms with Crippen LogP contribution in [0.25, 0.3) is 11.3 Å². The summed E-state index contributed by atoms with van der Waals surface area (Å²) in [6, 6.07) is 12.5. The zero-order valence-corrected chi connectivity index (χ0v) is 18.9. The molecule has 0 aliphatic heterocycles. The van der Waals surface area contributed by atoms with Gasteiger partial charge in [-0.05, 0) is 73.0 Å². The van der Waals surface area contributed by atoms with Gasteiger partial charge in [-0.1, -0.05) is 44.2 Å². The van der Waals surface area contributed by atoms with Crippen LogP contribution in [0.4, 0.5) is 0 Å². The zero-order valence-electron chi connectivity index (χ0n) is 18.1. The van der Waals surface area contributed by atoms with Gasteiger partial charge >= 0.3 is 5.97 Å². The van der Waals surface area contributed by atoms with Crippen LogP contribution in [0.3, 0.4) is 0 Å². The predicted molar refractivity (Wildman–Crippen MR) is 123 cm³/mol. The number of carboxylic acids is 1. The van der Waals surface area contributed by atoms with E-state index in [2.05, 4.69) is 38.1 Å². The first-order valence-corrected chi connectivity index (χ1v) is 11.2. The molecule has 0 spiro atoms. The molecule has 1 aromatic heterocycles. The highest BCUT2D eigenvalue weighted by Gasteiger charge is 2.16. The van der Waals surface area contributed by atoms with Crippen molar-refractivity contribution in [3.8, 4) is 17.0 Å². The van der Waals surface area contributed by atoms with Gasteiger partial charge in [0.1, 0.15) is 12.4 Å². The standard InChI is InChI=1S/C25H29NO3S/c1-5-18-7-9-20(10-8-18)25-21(23(6-2)30-26-25)15-29-22-13-11-19(12-14-24(27)28)16(3)17(22)4/h7-11,13H,5-6,12,14-15H2,1-4H3,(H,27,28). The Balaban J connectivity index is 1.82. The van der Waals surface area contributed by atoms with Crippen molar-refractivity contribution < 1.29 is 14.6 Å². The van der Waals surface area contributed by atoms with Crippen LogP contribution in [0.1, 0.15) is 53.0 Å². The number of benzene rings is 2. The summed E-state index contributed by atoms with van der Waals surface area (Å²) in [5.74, 6) is 0.0658. The van der Waals surface area contributed by atoms with Gasteiger partial charge in [0.05, 0.1) is 5.69 Å². The molecule has 0 aliphatic rings. The maximum absolute atomic E-state index is 10.9. The molecule has 0 amide bonds. The Morgan fingerprint density at radius 2 is 1.77 bits per heavy atom. The second kappa shape index (κ2) is 9.90. The molecule has 158 valence electrons. The molecule has 30 heavy (non-hydrogen) atoms. The van der Waals surface area contributed by atoms with Crippen LogP contribution < -0.4 is 4.74 Å². The van der Waals surface area contributed by atoms with Gasteiger partial charge in [0.25, 0.3) is 0 Å². The van der Waals surface area contributed by atoms with Crippen molar-refractivity contribution in [2.75, 3.05) is 0 Å². The lowest BCUT2D eigenvalue weighted by Gasteiger charge is -2.15. The van der Waals surface area contributed by atoms with Crippen molar-refractivity contribution in [2.45, 2.75) is 60.0 Å². The highest BCUT2D eigenvalue weighted by Crippen LogP contribution is 2.32. The Morgan fingerprint density at radius 3 is 2.40 bits per heavy atom. The summed E-state index contributed by atoms with van der Waals surface area (Å²) in [7, 11) is 0. The van der Waals surface area contributed by atoms with Gasteiger partial charge in [-0.25, -0.2) is 0 Å². The molecule has 3 aromatic rings. The van der Waals surface area contributed by atoms with E-state index in [0.717, 1.165) is 52.1 Å². The van der Waals surface area contributed by atoms with Gasteiger partial charge < -0.3 is 9.84 Å². The minimum atomic E-state index is -0.774. The third kappa shape index (κ3) is 4.90. The molecule has 0 saturated heterocycles.